The molecule has 11 rings (SSSR count). The third-order valence-electron chi connectivity index (χ3n) is 10.7. The first-order chi connectivity index (χ1) is 26.7. The van der Waals surface area contributed by atoms with Crippen LogP contribution in [0, 0.1) is 0 Å². The molecule has 0 N–H and O–H groups in total. The summed E-state index contributed by atoms with van der Waals surface area (Å²) in [5, 5.41) is 10.6. The molecule has 0 amide bonds. The van der Waals surface area contributed by atoms with Gasteiger partial charge in [0.05, 0.1) is 33.9 Å². The Bertz CT molecular complexity index is 3340. The topological polar surface area (TPSA) is 42.8 Å². The number of aliphatic imine (C=N–C) groups is 2. The molecule has 8 aromatic carbocycles. The van der Waals surface area contributed by atoms with Gasteiger partial charge in [-0.15, -0.1) is 11.3 Å². The molecule has 0 bridgehead atoms. The molecule has 0 unspecified atom stereocenters. The molecule has 54 heavy (non-hydrogen) atoms. The van der Waals surface area contributed by atoms with Gasteiger partial charge in [-0.05, 0) is 64.8 Å². The van der Waals surface area contributed by atoms with Crippen LogP contribution >= 0.6 is 11.3 Å². The van der Waals surface area contributed by atoms with E-state index in [1.807, 2.05) is 0 Å². The molecule has 3 aromatic heterocycles. The van der Waals surface area contributed by atoms with E-state index in [0.29, 0.717) is 6.54 Å². The average Bonchev–Trinajstić information content (AvgIpc) is 3.89. The molecule has 0 radical (unpaired) electrons. The summed E-state index contributed by atoms with van der Waals surface area (Å²) in [5.74, 6) is 0. The summed E-state index contributed by atoms with van der Waals surface area (Å²) >= 11 is 1.71. The van der Waals surface area contributed by atoms with Crippen LogP contribution in [0.2, 0.25) is 0 Å². The predicted molar refractivity (Wildman–Crippen MR) is 230 cm³/mol. The molecule has 3 heterocycles. The number of aromatic nitrogens is 1. The van der Waals surface area contributed by atoms with Gasteiger partial charge < -0.3 is 8.98 Å². The first-order valence-corrected chi connectivity index (χ1v) is 18.9. The highest BCUT2D eigenvalue weighted by molar-refractivity contribution is 7.21. The molecule has 0 fully saturated rings. The summed E-state index contributed by atoms with van der Waals surface area (Å²) in [4.78, 5) is 10.9. The molecule has 0 aliphatic rings. The fraction of sp³-hybridized carbons (Fsp3) is 0.0204. The number of thiophene rings is 1. The number of nitrogens with zero attached hydrogens (tertiary/aromatic N) is 3. The molecular formula is C49H31N3OS. The van der Waals surface area contributed by atoms with Gasteiger partial charge in [-0.2, -0.15) is 0 Å². The van der Waals surface area contributed by atoms with Crippen LogP contribution in [0.15, 0.2) is 178 Å². The second-order valence-corrected chi connectivity index (χ2v) is 14.9. The van der Waals surface area contributed by atoms with Gasteiger partial charge in [0.15, 0.2) is 0 Å². The maximum absolute atomic E-state index is 6.66. The Hall–Kier alpha value is -6.82. The van der Waals surface area contributed by atoms with Crippen LogP contribution < -0.4 is 0 Å². The highest BCUT2D eigenvalue weighted by Gasteiger charge is 2.19. The fourth-order valence-corrected chi connectivity index (χ4v) is 9.39. The largest absolute Gasteiger partial charge is 0.456 e. The Labute approximate surface area is 314 Å². The van der Waals surface area contributed by atoms with Gasteiger partial charge in [-0.1, -0.05) is 121 Å². The molecule has 4 nitrogen and oxygen atoms in total. The second-order valence-electron chi connectivity index (χ2n) is 13.8. The number of hydrogen-bond donors (Lipinski definition) is 0. The molecule has 0 spiro atoms. The Balaban J connectivity index is 1.03. The van der Waals surface area contributed by atoms with E-state index in [0.717, 1.165) is 60.4 Å². The van der Waals surface area contributed by atoms with Gasteiger partial charge in [-0.25, -0.2) is 0 Å². The van der Waals surface area contributed by atoms with Gasteiger partial charge in [0.1, 0.15) is 11.2 Å². The first-order valence-electron chi connectivity index (χ1n) is 18.1. The lowest BCUT2D eigenvalue weighted by Crippen LogP contribution is -2.03. The summed E-state index contributed by atoms with van der Waals surface area (Å²) in [6.07, 6.45) is 0. The van der Waals surface area contributed by atoms with Gasteiger partial charge in [0.2, 0.25) is 0 Å². The van der Waals surface area contributed by atoms with Crippen LogP contribution in [0.5, 0.6) is 0 Å². The van der Waals surface area contributed by atoms with Crippen molar-refractivity contribution in [2.24, 2.45) is 9.98 Å². The van der Waals surface area contributed by atoms with Crippen molar-refractivity contribution in [3.63, 3.8) is 0 Å². The number of hydrogen-bond acceptors (Lipinski definition) is 4. The van der Waals surface area contributed by atoms with Crippen LogP contribution in [0.3, 0.4) is 0 Å². The van der Waals surface area contributed by atoms with Crippen molar-refractivity contribution in [2.45, 2.75) is 6.54 Å². The third-order valence-corrected chi connectivity index (χ3v) is 11.9. The Kier molecular flexibility index (Phi) is 6.91. The molecule has 0 atom stereocenters. The van der Waals surface area contributed by atoms with Crippen LogP contribution in [-0.2, 0) is 6.54 Å². The lowest BCUT2D eigenvalue weighted by Gasteiger charge is -2.10. The smallest absolute Gasteiger partial charge is 0.137 e. The third kappa shape index (κ3) is 4.76. The highest BCUT2D eigenvalue weighted by Crippen LogP contribution is 2.41. The van der Waals surface area contributed by atoms with Crippen molar-refractivity contribution in [1.82, 2.24) is 4.57 Å². The lowest BCUT2D eigenvalue weighted by molar-refractivity contribution is 0.668. The number of furan rings is 1. The molecule has 254 valence electrons. The van der Waals surface area contributed by atoms with Crippen molar-refractivity contribution in [3.8, 4) is 5.69 Å². The molecule has 0 aliphatic carbocycles. The zero-order chi connectivity index (χ0) is 35.8. The minimum Gasteiger partial charge on any atom is -0.456 e. The SMILES string of the molecule is C=Nc1c(C(=NCc2ccc3c(c2)oc2cc(-n4c5ccccc5c5ccc6ccccc6c54)ccc23)c2ccc3ccccc3c2)sc2ccccc12. The summed E-state index contributed by atoms with van der Waals surface area (Å²) in [7, 11) is 0. The van der Waals surface area contributed by atoms with E-state index in [1.54, 1.807) is 11.3 Å². The van der Waals surface area contributed by atoms with Crippen LogP contribution in [0.25, 0.3) is 81.1 Å². The van der Waals surface area contributed by atoms with Crippen molar-refractivity contribution in [1.29, 1.82) is 0 Å². The maximum Gasteiger partial charge on any atom is 0.137 e. The predicted octanol–water partition coefficient (Wildman–Crippen LogP) is 13.6. The van der Waals surface area contributed by atoms with Crippen LogP contribution in [0.4, 0.5) is 5.69 Å². The maximum atomic E-state index is 6.66. The van der Waals surface area contributed by atoms with Crippen LogP contribution in [0.1, 0.15) is 16.0 Å². The summed E-state index contributed by atoms with van der Waals surface area (Å²) < 4.78 is 10.2. The number of benzene rings is 8. The minimum absolute atomic E-state index is 0.486. The molecule has 0 aliphatic heterocycles. The highest BCUT2D eigenvalue weighted by atomic mass is 32.1. The van der Waals surface area contributed by atoms with Crippen LogP contribution in [-0.4, -0.2) is 17.0 Å². The van der Waals surface area contributed by atoms with E-state index >= 15 is 0 Å². The van der Waals surface area contributed by atoms with Gasteiger partial charge in [0, 0.05) is 54.3 Å². The Morgan fingerprint density at radius 3 is 2.13 bits per heavy atom. The monoisotopic (exact) mass is 709 g/mol. The van der Waals surface area contributed by atoms with Gasteiger partial charge in [-0.3, -0.25) is 9.98 Å². The zero-order valence-corrected chi connectivity index (χ0v) is 30.0. The molecule has 11 aromatic rings. The van der Waals surface area contributed by atoms with Crippen molar-refractivity contribution in [3.05, 3.63) is 180 Å². The van der Waals surface area contributed by atoms with E-state index in [1.165, 1.54) is 48.1 Å². The molecular weight excluding hydrogens is 679 g/mol. The molecule has 0 saturated heterocycles. The first kappa shape index (κ1) is 30.8. The number of rotatable bonds is 6. The fourth-order valence-electron chi connectivity index (χ4n) is 8.20. The molecule has 5 heteroatoms. The number of fused-ring (bicyclic) bond motifs is 10. The molecule has 0 saturated carbocycles. The van der Waals surface area contributed by atoms with E-state index in [9.17, 15) is 0 Å². The normalized spacial score (nSPS) is 12.3. The van der Waals surface area contributed by atoms with E-state index in [2.05, 4.69) is 180 Å². The Morgan fingerprint density at radius 1 is 0.574 bits per heavy atom. The summed E-state index contributed by atoms with van der Waals surface area (Å²) in [6.45, 7) is 4.45. The summed E-state index contributed by atoms with van der Waals surface area (Å²) in [6, 6.07) is 58.2. The van der Waals surface area contributed by atoms with Crippen molar-refractivity contribution < 1.29 is 4.42 Å². The van der Waals surface area contributed by atoms with Gasteiger partial charge >= 0.3 is 0 Å². The quantitative estimate of drug-likeness (QED) is 0.159. The van der Waals surface area contributed by atoms with Gasteiger partial charge in [0.25, 0.3) is 0 Å². The average molecular weight is 710 g/mol. The standard InChI is InChI=1S/C49H31N3OS/c1-50-47-41-15-7-9-17-45(41)54-49(47)46(34-20-19-31-10-2-3-12-33(31)27-34)51-29-30-18-23-38-39-25-22-35(28-44(39)53-43(38)26-30)52-42-16-8-6-14-37(42)40-24-21-32-11-4-5-13-36(32)48(40)52/h2-28H,1,29H2. The van der Waals surface area contributed by atoms with E-state index < -0.39 is 0 Å². The summed E-state index contributed by atoms with van der Waals surface area (Å²) in [5.41, 5.74) is 9.09. The minimum atomic E-state index is 0.486. The lowest BCUT2D eigenvalue weighted by atomic mass is 10.0. The Morgan fingerprint density at radius 2 is 1.26 bits per heavy atom. The van der Waals surface area contributed by atoms with Crippen molar-refractivity contribution >= 4 is 105 Å². The second kappa shape index (κ2) is 12.1. The van der Waals surface area contributed by atoms with Crippen molar-refractivity contribution in [2.75, 3.05) is 0 Å². The number of para-hydroxylation sites is 1. The van der Waals surface area contributed by atoms with E-state index in [4.69, 9.17) is 9.41 Å². The zero-order valence-electron chi connectivity index (χ0n) is 29.2. The van der Waals surface area contributed by atoms with E-state index in [-0.39, 0.29) is 0 Å².